The second kappa shape index (κ2) is 6.80. The second-order valence-corrected chi connectivity index (χ2v) is 36.8. The molecule has 0 fully saturated rings. The van der Waals surface area contributed by atoms with Gasteiger partial charge in [0, 0.05) is 0 Å². The molecule has 2 unspecified atom stereocenters. The summed E-state index contributed by atoms with van der Waals surface area (Å²) in [5.41, 5.74) is -1.65. The molecule has 4 rings (SSSR count). The summed E-state index contributed by atoms with van der Waals surface area (Å²) in [7, 11) is 0. The molecule has 0 radical (unpaired) electrons. The van der Waals surface area contributed by atoms with Gasteiger partial charge in [-0.3, -0.25) is 0 Å². The molecule has 158 valence electrons. The van der Waals surface area contributed by atoms with Crippen molar-refractivity contribution in [1.29, 1.82) is 0 Å². The number of halogens is 6. The molecule has 0 nitrogen and oxygen atoms in total. The van der Waals surface area contributed by atoms with Gasteiger partial charge in [-0.15, -0.1) is 0 Å². The Balaban J connectivity index is 2.25. The van der Waals surface area contributed by atoms with E-state index in [1.54, 1.807) is 24.3 Å². The van der Waals surface area contributed by atoms with Gasteiger partial charge in [-0.2, -0.15) is 0 Å². The number of hydrogen-bond acceptors (Lipinski definition) is 0. The van der Waals surface area contributed by atoms with Crippen LogP contribution in [-0.2, 0) is 17.4 Å². The number of alkyl halides is 6. The van der Waals surface area contributed by atoms with Crippen molar-refractivity contribution < 1.29 is 43.7 Å². The zero-order chi connectivity index (χ0) is 22.0. The van der Waals surface area contributed by atoms with E-state index in [2.05, 4.69) is 0 Å². The van der Waals surface area contributed by atoms with Gasteiger partial charge in [-0.05, 0) is 0 Å². The summed E-state index contributed by atoms with van der Waals surface area (Å²) in [5, 5.41) is 0. The monoisotopic (exact) mass is 516 g/mol. The Labute approximate surface area is 172 Å². The van der Waals surface area contributed by atoms with Crippen molar-refractivity contribution in [3.05, 3.63) is 82.9 Å². The van der Waals surface area contributed by atoms with Crippen molar-refractivity contribution in [2.45, 2.75) is 28.1 Å². The molecule has 0 heterocycles. The summed E-state index contributed by atoms with van der Waals surface area (Å²) in [6.45, 7) is 2.47. The van der Waals surface area contributed by atoms with E-state index in [1.165, 1.54) is 61.7 Å². The van der Waals surface area contributed by atoms with Crippen molar-refractivity contribution in [1.82, 2.24) is 0 Å². The fraction of sp³-hybridized carbons (Fsp3) is 0.273. The van der Waals surface area contributed by atoms with Crippen molar-refractivity contribution in [2.75, 3.05) is 0 Å². The molecule has 2 aromatic rings. The van der Waals surface area contributed by atoms with Crippen LogP contribution in [0.5, 0.6) is 0 Å². The molecule has 2 aliphatic rings. The van der Waals surface area contributed by atoms with Crippen molar-refractivity contribution in [2.24, 2.45) is 0 Å². The first-order chi connectivity index (χ1) is 14.0. The average Bonchev–Trinajstić information content (AvgIpc) is 3.26. The molecule has 0 N–H and O–H groups in total. The fourth-order valence-corrected chi connectivity index (χ4v) is 40.8. The molecule has 0 bridgehead atoms. The van der Waals surface area contributed by atoms with Gasteiger partial charge in [0.1, 0.15) is 0 Å². The third kappa shape index (κ3) is 2.32. The predicted octanol–water partition coefficient (Wildman–Crippen LogP) is 7.50. The zero-order valence-electron chi connectivity index (χ0n) is 16.4. The van der Waals surface area contributed by atoms with Crippen LogP contribution in [0.25, 0.3) is 12.2 Å². The number of benzene rings is 2. The molecule has 8 heteroatoms. The van der Waals surface area contributed by atoms with E-state index in [0.717, 1.165) is 0 Å². The number of hydrogen-bond donors (Lipinski definition) is 0. The maximum atomic E-state index is 15.4. The molecule has 0 saturated carbocycles. The minimum absolute atomic E-state index is 0.168. The number of allylic oxidation sites excluding steroid dienone is 2. The van der Waals surface area contributed by atoms with Crippen molar-refractivity contribution >= 4 is 17.6 Å². The summed E-state index contributed by atoms with van der Waals surface area (Å²) in [4.78, 5) is 0. The Morgan fingerprint density at radius 1 is 0.667 bits per heavy atom. The van der Waals surface area contributed by atoms with E-state index in [1.807, 2.05) is 0 Å². The van der Waals surface area contributed by atoms with Crippen LogP contribution in [0.3, 0.4) is 0 Å². The standard InChI is InChI=1S/2C9H7.C2H6Si.2CF3.Zr/c2*1-2-5-9-7-3-6-8(9)4-1;1-3-2;2*2-1(3)4;/h2*1-7H;1-2H3;;;. The van der Waals surface area contributed by atoms with Gasteiger partial charge in [0.2, 0.25) is 0 Å². The molecular weight excluding hydrogens is 498 g/mol. The molecule has 2 atom stereocenters. The van der Waals surface area contributed by atoms with E-state index in [-0.39, 0.29) is 11.1 Å². The van der Waals surface area contributed by atoms with Crippen LogP contribution in [0.1, 0.15) is 29.5 Å². The van der Waals surface area contributed by atoms with Gasteiger partial charge in [-0.1, -0.05) is 0 Å². The molecule has 2 aliphatic carbocycles. The Kier molecular flexibility index (Phi) is 4.94. The van der Waals surface area contributed by atoms with Crippen LogP contribution in [0.15, 0.2) is 60.7 Å². The van der Waals surface area contributed by atoms with E-state index >= 15 is 26.3 Å². The van der Waals surface area contributed by atoms with Crippen LogP contribution >= 0.6 is 0 Å². The first-order valence-corrected chi connectivity index (χ1v) is 21.1. The topological polar surface area (TPSA) is 0 Å². The van der Waals surface area contributed by atoms with E-state index in [0.29, 0.717) is 11.1 Å². The van der Waals surface area contributed by atoms with Crippen molar-refractivity contribution in [3.63, 3.8) is 0 Å². The molecule has 0 amide bonds. The molecule has 0 saturated heterocycles. The molecule has 0 aliphatic heterocycles. The SMILES string of the molecule is C[Si](C)=[Zr]([CH]1C=Cc2ccccc21)([CH]1C=Cc2ccccc21)([C](F)(F)F)[C](F)(F)F. The van der Waals surface area contributed by atoms with Gasteiger partial charge in [0.25, 0.3) is 0 Å². The first kappa shape index (κ1) is 21.8. The Morgan fingerprint density at radius 3 is 1.37 bits per heavy atom. The summed E-state index contributed by atoms with van der Waals surface area (Å²) in [5.74, 6) is 0. The van der Waals surface area contributed by atoms with Gasteiger partial charge in [0.05, 0.1) is 0 Å². The third-order valence-electron chi connectivity index (χ3n) is 7.19. The van der Waals surface area contributed by atoms with Crippen LogP contribution in [0.4, 0.5) is 26.3 Å². The summed E-state index contributed by atoms with van der Waals surface area (Å²) < 4.78 is 78.4. The fourth-order valence-electron chi connectivity index (χ4n) is 5.79. The zero-order valence-corrected chi connectivity index (χ0v) is 19.8. The van der Waals surface area contributed by atoms with Crippen LogP contribution in [-0.4, -0.2) is 13.2 Å². The molecule has 30 heavy (non-hydrogen) atoms. The van der Waals surface area contributed by atoms with Crippen molar-refractivity contribution in [3.8, 4) is 0 Å². The van der Waals surface area contributed by atoms with Crippen LogP contribution in [0.2, 0.25) is 13.1 Å². The maximum absolute atomic E-state index is 15.4. The van der Waals surface area contributed by atoms with Gasteiger partial charge in [0.15, 0.2) is 0 Å². The second-order valence-electron chi connectivity index (χ2n) is 8.33. The molecule has 0 spiro atoms. The average molecular weight is 518 g/mol. The molecule has 2 aromatic carbocycles. The molecule has 0 aromatic heterocycles. The Morgan fingerprint density at radius 2 is 1.03 bits per heavy atom. The summed E-state index contributed by atoms with van der Waals surface area (Å²) in [6.07, 6.45) is 5.31. The Bertz CT molecular complexity index is 1060. The Hall–Kier alpha value is -1.40. The van der Waals surface area contributed by atoms with Gasteiger partial charge < -0.3 is 0 Å². The summed E-state index contributed by atoms with van der Waals surface area (Å²) in [6, 6.07) is 12.4. The quantitative estimate of drug-likeness (QED) is 0.286. The van der Waals surface area contributed by atoms with E-state index < -0.39 is 37.9 Å². The van der Waals surface area contributed by atoms with E-state index in [9.17, 15) is 0 Å². The van der Waals surface area contributed by atoms with Crippen LogP contribution < -0.4 is 0 Å². The van der Waals surface area contributed by atoms with Gasteiger partial charge in [-0.25, -0.2) is 0 Å². The normalized spacial score (nSPS) is 21.0. The summed E-state index contributed by atoms with van der Waals surface area (Å²) >= 11 is -7.89. The number of fused-ring (bicyclic) bond motifs is 2. The first-order valence-electron chi connectivity index (χ1n) is 9.60. The van der Waals surface area contributed by atoms with Gasteiger partial charge >= 0.3 is 172 Å². The minimum atomic E-state index is -7.89. The van der Waals surface area contributed by atoms with E-state index in [4.69, 9.17) is 0 Å². The third-order valence-corrected chi connectivity index (χ3v) is 47.1. The van der Waals surface area contributed by atoms with Crippen LogP contribution in [0, 0.1) is 0 Å². The molecular formula is C22H20F6SiZr. The number of rotatable bonds is 2. The predicted molar refractivity (Wildman–Crippen MR) is 106 cm³/mol.